The van der Waals surface area contributed by atoms with Gasteiger partial charge in [0.25, 0.3) is 0 Å². The SMILES string of the molecule is CC1(C)c2ccccc2-c2c(Nc3ccc4c(c3)oc3ccccc34)cccc21.CC1(C)c2ccccc2-c2ccc(Nc3ccc4c(c3)sc3ccccc34)cc21.CC1(C)c2ccccc2-c2ccc(Nc3ccc4oc5ccccc5c4c3)cc21.CC1(C)c2ccccc2-c2ccc(Nc3cccc4sc5ccccc5c34)cc21. The highest BCUT2D eigenvalue weighted by atomic mass is 32.1. The Labute approximate surface area is 683 Å². The molecular formula is C108H84N4O2S2. The monoisotopic (exact) mass is 1530 g/mol. The minimum absolute atomic E-state index is 0.00626. The van der Waals surface area contributed by atoms with Gasteiger partial charge in [0.2, 0.25) is 0 Å². The van der Waals surface area contributed by atoms with E-state index in [1.165, 1.54) is 135 Å². The van der Waals surface area contributed by atoms with Gasteiger partial charge in [0.1, 0.15) is 22.3 Å². The van der Waals surface area contributed by atoms with Crippen molar-refractivity contribution in [1.82, 2.24) is 0 Å². The van der Waals surface area contributed by atoms with Crippen molar-refractivity contribution in [2.75, 3.05) is 21.3 Å². The van der Waals surface area contributed by atoms with E-state index in [0.29, 0.717) is 0 Å². The van der Waals surface area contributed by atoms with Gasteiger partial charge in [0.15, 0.2) is 0 Å². The van der Waals surface area contributed by atoms with Crippen LogP contribution < -0.4 is 21.3 Å². The summed E-state index contributed by atoms with van der Waals surface area (Å²) in [6.07, 6.45) is 0. The Morgan fingerprint density at radius 2 is 0.552 bits per heavy atom. The van der Waals surface area contributed by atoms with Crippen molar-refractivity contribution in [3.63, 3.8) is 0 Å². The van der Waals surface area contributed by atoms with Crippen LogP contribution in [0.25, 0.3) is 129 Å². The smallest absolute Gasteiger partial charge is 0.137 e. The van der Waals surface area contributed by atoms with Gasteiger partial charge in [-0.1, -0.05) is 268 Å². The highest BCUT2D eigenvalue weighted by molar-refractivity contribution is 7.26. The molecule has 16 aromatic carbocycles. The lowest BCUT2D eigenvalue weighted by Gasteiger charge is -2.22. The lowest BCUT2D eigenvalue weighted by Crippen LogP contribution is -2.15. The maximum atomic E-state index is 6.07. The number of nitrogens with one attached hydrogen (secondary N) is 4. The lowest BCUT2D eigenvalue weighted by molar-refractivity contribution is 0.660. The summed E-state index contributed by atoms with van der Waals surface area (Å²) in [7, 11) is 0. The molecule has 4 N–H and O–H groups in total. The van der Waals surface area contributed by atoms with Crippen LogP contribution in [0.4, 0.5) is 45.5 Å². The van der Waals surface area contributed by atoms with Gasteiger partial charge in [-0.15, -0.1) is 22.7 Å². The first-order valence-corrected chi connectivity index (χ1v) is 41.8. The number of para-hydroxylation sites is 2. The summed E-state index contributed by atoms with van der Waals surface area (Å²) in [5.74, 6) is 0. The first kappa shape index (κ1) is 70.6. The molecule has 0 fully saturated rings. The number of anilines is 8. The molecule has 0 bridgehead atoms. The van der Waals surface area contributed by atoms with Gasteiger partial charge in [-0.2, -0.15) is 0 Å². The van der Waals surface area contributed by atoms with Crippen molar-refractivity contribution in [3.05, 3.63) is 384 Å². The third-order valence-corrected chi connectivity index (χ3v) is 27.3. The Kier molecular flexibility index (Phi) is 16.6. The van der Waals surface area contributed by atoms with Crippen molar-refractivity contribution in [2.24, 2.45) is 0 Å². The predicted molar refractivity (Wildman–Crippen MR) is 495 cm³/mol. The van der Waals surface area contributed by atoms with Crippen LogP contribution in [0.1, 0.15) is 99.9 Å². The highest BCUT2D eigenvalue weighted by Gasteiger charge is 2.40. The normalized spacial score (nSPS) is 14.1. The number of fused-ring (bicyclic) bond motifs is 24. The molecular weight excluding hydrogens is 1450 g/mol. The van der Waals surface area contributed by atoms with Crippen LogP contribution in [-0.4, -0.2) is 0 Å². The molecule has 116 heavy (non-hydrogen) atoms. The number of rotatable bonds is 8. The van der Waals surface area contributed by atoms with E-state index in [2.05, 4.69) is 386 Å². The van der Waals surface area contributed by atoms with Crippen LogP contribution in [0.5, 0.6) is 0 Å². The zero-order chi connectivity index (χ0) is 78.3. The van der Waals surface area contributed by atoms with Gasteiger partial charge in [-0.05, 0) is 205 Å². The van der Waals surface area contributed by atoms with E-state index in [1.807, 2.05) is 53.0 Å². The number of benzene rings is 16. The van der Waals surface area contributed by atoms with Crippen LogP contribution in [0, 0.1) is 0 Å². The van der Waals surface area contributed by atoms with Crippen molar-refractivity contribution < 1.29 is 8.83 Å². The fourth-order valence-electron chi connectivity index (χ4n) is 19.1. The van der Waals surface area contributed by atoms with E-state index in [9.17, 15) is 0 Å². The Hall–Kier alpha value is -13.2. The second-order valence-electron chi connectivity index (χ2n) is 33.4. The molecule has 4 aromatic heterocycles. The molecule has 8 heteroatoms. The fraction of sp³-hybridized carbons (Fsp3) is 0.111. The number of hydrogen-bond acceptors (Lipinski definition) is 8. The van der Waals surface area contributed by atoms with E-state index < -0.39 is 0 Å². The maximum Gasteiger partial charge on any atom is 0.137 e. The van der Waals surface area contributed by atoms with Gasteiger partial charge in [0.05, 0.1) is 0 Å². The van der Waals surface area contributed by atoms with Gasteiger partial charge in [-0.25, -0.2) is 0 Å². The van der Waals surface area contributed by atoms with Crippen LogP contribution >= 0.6 is 22.7 Å². The second kappa shape index (κ2) is 27.2. The Bertz CT molecular complexity index is 7370. The molecule has 0 saturated heterocycles. The molecule has 0 atom stereocenters. The summed E-state index contributed by atoms with van der Waals surface area (Å²) < 4.78 is 17.4. The maximum absolute atomic E-state index is 6.07. The highest BCUT2D eigenvalue weighted by Crippen LogP contribution is 2.55. The Morgan fingerprint density at radius 3 is 1.15 bits per heavy atom. The first-order chi connectivity index (χ1) is 56.5. The van der Waals surface area contributed by atoms with Gasteiger partial charge in [0, 0.05) is 141 Å². The fourth-order valence-corrected chi connectivity index (χ4v) is 21.4. The summed E-state index contributed by atoms with van der Waals surface area (Å²) >= 11 is 3.72. The molecule has 4 aliphatic rings. The van der Waals surface area contributed by atoms with Gasteiger partial charge < -0.3 is 30.1 Å². The molecule has 0 amide bonds. The quantitative estimate of drug-likeness (QED) is 0.121. The molecule has 4 heterocycles. The topological polar surface area (TPSA) is 74.4 Å². The molecule has 0 radical (unpaired) electrons. The molecule has 560 valence electrons. The van der Waals surface area contributed by atoms with Crippen LogP contribution in [0.15, 0.2) is 349 Å². The van der Waals surface area contributed by atoms with E-state index >= 15 is 0 Å². The third-order valence-electron chi connectivity index (χ3n) is 25.0. The van der Waals surface area contributed by atoms with Gasteiger partial charge in [-0.3, -0.25) is 0 Å². The van der Waals surface area contributed by atoms with Crippen molar-refractivity contribution in [2.45, 2.75) is 77.0 Å². The Balaban J connectivity index is 0.0000000966. The lowest BCUT2D eigenvalue weighted by atomic mass is 9.82. The number of hydrogen-bond donors (Lipinski definition) is 4. The molecule has 0 unspecified atom stereocenters. The van der Waals surface area contributed by atoms with Crippen molar-refractivity contribution in [3.8, 4) is 44.5 Å². The molecule has 0 spiro atoms. The molecule has 4 aliphatic carbocycles. The van der Waals surface area contributed by atoms with Crippen LogP contribution in [-0.2, 0) is 21.7 Å². The largest absolute Gasteiger partial charge is 0.456 e. The zero-order valence-electron chi connectivity index (χ0n) is 66.0. The summed E-state index contributed by atoms with van der Waals surface area (Å²) in [6.45, 7) is 18.5. The molecule has 0 aliphatic heterocycles. The summed E-state index contributed by atoms with van der Waals surface area (Å²) in [5, 5.41) is 24.5. The molecule has 20 aromatic rings. The van der Waals surface area contributed by atoms with E-state index in [-0.39, 0.29) is 21.7 Å². The predicted octanol–water partition coefficient (Wildman–Crippen LogP) is 31.5. The Morgan fingerprint density at radius 1 is 0.207 bits per heavy atom. The molecule has 0 saturated carbocycles. The average Bonchev–Trinajstić information content (AvgIpc) is 1.59. The first-order valence-electron chi connectivity index (χ1n) is 40.2. The molecule has 24 rings (SSSR count). The average molecular weight is 1530 g/mol. The summed E-state index contributed by atoms with van der Waals surface area (Å²) in [5.41, 5.74) is 34.6. The minimum atomic E-state index is 0.00626. The second-order valence-corrected chi connectivity index (χ2v) is 35.6. The van der Waals surface area contributed by atoms with Gasteiger partial charge >= 0.3 is 0 Å². The summed E-state index contributed by atoms with van der Waals surface area (Å²) in [4.78, 5) is 0. The van der Waals surface area contributed by atoms with E-state index in [1.54, 1.807) is 0 Å². The van der Waals surface area contributed by atoms with E-state index in [0.717, 1.165) is 83.7 Å². The number of thiophene rings is 2. The van der Waals surface area contributed by atoms with Crippen molar-refractivity contribution in [1.29, 1.82) is 0 Å². The third kappa shape index (κ3) is 11.7. The van der Waals surface area contributed by atoms with E-state index in [4.69, 9.17) is 8.83 Å². The van der Waals surface area contributed by atoms with Crippen LogP contribution in [0.3, 0.4) is 0 Å². The number of furan rings is 2. The molecule has 6 nitrogen and oxygen atoms in total. The standard InChI is InChI=1S/2C27H21NO.2C27H21NS/c1-27(2)21-10-5-3-9-20(21)26-22(27)11-7-12-23(26)28-17-14-15-19-18-8-4-6-13-24(18)29-25(19)16-17;1-27(2)23-9-5-3-7-19(23)20-13-11-18(16-24(20)27)28-17-12-14-26-22(15-17)21-8-4-6-10-25(21)29-26;1-27(2)21-10-5-3-8-18(21)19-15-14-17(16-22(19)27)28-23-11-7-13-25-26(23)20-9-4-6-12-24(20)29-25;1-27(2)23-9-5-3-7-19(23)20-13-11-17(15-24(20)27)28-18-12-14-22-21-8-4-6-10-25(21)29-26(22)16-18/h4*3-16,28H,1-2H3. The zero-order valence-corrected chi connectivity index (χ0v) is 67.6. The minimum Gasteiger partial charge on any atom is -0.456 e. The van der Waals surface area contributed by atoms with Crippen molar-refractivity contribution >= 4 is 152 Å². The summed E-state index contributed by atoms with van der Waals surface area (Å²) in [6, 6.07) is 122. The van der Waals surface area contributed by atoms with Crippen LogP contribution in [0.2, 0.25) is 0 Å².